The van der Waals surface area contributed by atoms with Gasteiger partial charge in [-0.05, 0) is 105 Å². The molecule has 7 aromatic rings. The van der Waals surface area contributed by atoms with Crippen molar-refractivity contribution < 1.29 is 27.4 Å². The van der Waals surface area contributed by atoms with Gasteiger partial charge >= 0.3 is 0 Å². The summed E-state index contributed by atoms with van der Waals surface area (Å²) in [6, 6.07) is 31.2. The van der Waals surface area contributed by atoms with Crippen LogP contribution < -0.4 is 0 Å². The Labute approximate surface area is 321 Å². The van der Waals surface area contributed by atoms with E-state index in [0.29, 0.717) is 32.2 Å². The third-order valence-electron chi connectivity index (χ3n) is 8.74. The standard InChI is InChI=1S/C45H41N3S/c1-4-14-30(15-5-1)33-20-10-11-21-35(33)36-26-27-41-45(37-22-12-13-23-40(37)49-41)43(36)38-25-24-34(31-16-6-2-7-17-31)42(32-18-8-3-9-19-32)44(38)39-28-29-46-48-47-39/h1,4-5,10-15,20-29,31-32H,2-3,6-9,16-19H2/i2D2,3D2,6D2,7D2,8D2,9D2,16D,17D2,18D,19D2,31D,32D. The van der Waals surface area contributed by atoms with Crippen LogP contribution in [0.1, 0.15) is 114 Å². The Morgan fingerprint density at radius 2 is 1.33 bits per heavy atom. The molecule has 2 aromatic heterocycles. The minimum Gasteiger partial charge on any atom is -0.139 e. The summed E-state index contributed by atoms with van der Waals surface area (Å²) >= 11 is 1.40. The molecule has 242 valence electrons. The zero-order chi connectivity index (χ0) is 50.5. The highest BCUT2D eigenvalue weighted by Gasteiger charge is 2.31. The van der Waals surface area contributed by atoms with Crippen molar-refractivity contribution in [3.05, 3.63) is 127 Å². The Morgan fingerprint density at radius 3 is 2.16 bits per heavy atom. The van der Waals surface area contributed by atoms with Crippen LogP contribution in [-0.4, -0.2) is 15.4 Å². The molecule has 3 nitrogen and oxygen atoms in total. The van der Waals surface area contributed by atoms with Gasteiger partial charge in [0.15, 0.2) is 0 Å². The van der Waals surface area contributed by atoms with E-state index in [9.17, 15) is 11.0 Å². The summed E-state index contributed by atoms with van der Waals surface area (Å²) < 4.78 is 186. The predicted octanol–water partition coefficient (Wildman–Crippen LogP) is 13.0. The molecule has 9 rings (SSSR count). The van der Waals surface area contributed by atoms with Gasteiger partial charge in [-0.15, -0.1) is 21.5 Å². The summed E-state index contributed by atoms with van der Waals surface area (Å²) in [7, 11) is 0. The molecule has 2 aliphatic carbocycles. The lowest BCUT2D eigenvalue weighted by Gasteiger charge is -2.33. The number of nitrogens with zero attached hydrogens (tertiary/aromatic N) is 3. The fraction of sp³-hybridized carbons (Fsp3) is 0.267. The van der Waals surface area contributed by atoms with Crippen molar-refractivity contribution >= 4 is 31.5 Å². The molecule has 0 N–H and O–H groups in total. The van der Waals surface area contributed by atoms with E-state index in [4.69, 9.17) is 16.4 Å². The smallest absolute Gasteiger partial charge is 0.0972 e. The largest absolute Gasteiger partial charge is 0.139 e. The van der Waals surface area contributed by atoms with Crippen LogP contribution in [-0.2, 0) is 0 Å². The van der Waals surface area contributed by atoms with Gasteiger partial charge in [0.05, 0.1) is 11.9 Å². The van der Waals surface area contributed by atoms with Crippen LogP contribution in [0.2, 0.25) is 0 Å². The van der Waals surface area contributed by atoms with E-state index < -0.39 is 92.3 Å². The molecule has 2 saturated carbocycles. The number of fused-ring (bicyclic) bond motifs is 3. The third kappa shape index (κ3) is 5.56. The van der Waals surface area contributed by atoms with E-state index in [-0.39, 0.29) is 11.3 Å². The lowest BCUT2D eigenvalue weighted by Crippen LogP contribution is -2.15. The highest BCUT2D eigenvalue weighted by Crippen LogP contribution is 2.53. The summed E-state index contributed by atoms with van der Waals surface area (Å²) in [4.78, 5) is 0. The average Bonchev–Trinajstić information content (AvgIpc) is 3.70. The first-order valence-electron chi connectivity index (χ1n) is 25.9. The third-order valence-corrected chi connectivity index (χ3v) is 9.87. The SMILES string of the molecule is [2H]C1C([2H])([2H])C([2H])([2H])C([2H])([2H])C([2H])([2H])C1([2H])c1ccc(-c2c(-c3ccccc3-c3ccccc3)ccc3sc4ccccc4c23)c(-c2ccnnn2)c1C1([2H])C([2H])C([2H])([2H])C([2H])([2H])C([2H])([2H])C1([2H])[2H]. The molecule has 2 heterocycles. The quantitative estimate of drug-likeness (QED) is 0.176. The second-order valence-corrected chi connectivity index (χ2v) is 12.5. The van der Waals surface area contributed by atoms with Gasteiger partial charge in [0.2, 0.25) is 0 Å². The van der Waals surface area contributed by atoms with E-state index in [1.54, 1.807) is 12.1 Å². The van der Waals surface area contributed by atoms with E-state index in [0.717, 1.165) is 28.1 Å². The second-order valence-electron chi connectivity index (χ2n) is 11.4. The molecule has 4 unspecified atom stereocenters. The van der Waals surface area contributed by atoms with Crippen molar-refractivity contribution in [3.63, 3.8) is 0 Å². The first-order valence-corrected chi connectivity index (χ1v) is 16.5. The van der Waals surface area contributed by atoms with Gasteiger partial charge in [0, 0.05) is 53.2 Å². The normalized spacial score (nSPS) is 38.4. The van der Waals surface area contributed by atoms with Crippen molar-refractivity contribution in [2.75, 3.05) is 0 Å². The molecule has 4 heteroatoms. The monoisotopic (exact) mass is 675 g/mol. The second kappa shape index (κ2) is 13.3. The van der Waals surface area contributed by atoms with Gasteiger partial charge in [0.25, 0.3) is 0 Å². The van der Waals surface area contributed by atoms with Gasteiger partial charge < -0.3 is 0 Å². The highest BCUT2D eigenvalue weighted by molar-refractivity contribution is 7.26. The van der Waals surface area contributed by atoms with E-state index in [2.05, 4.69) is 15.4 Å². The number of hydrogen-bond acceptors (Lipinski definition) is 4. The van der Waals surface area contributed by atoms with Gasteiger partial charge in [-0.25, -0.2) is 0 Å². The summed E-state index contributed by atoms with van der Waals surface area (Å²) in [6.07, 6.45) is -36.2. The average molecular weight is 676 g/mol. The maximum atomic E-state index is 10.5. The molecule has 2 aliphatic rings. The van der Waals surface area contributed by atoms with Crippen LogP contribution in [0.4, 0.5) is 0 Å². The van der Waals surface area contributed by atoms with Crippen molar-refractivity contribution in [3.8, 4) is 44.6 Å². The maximum absolute atomic E-state index is 10.5. The van der Waals surface area contributed by atoms with Crippen molar-refractivity contribution in [1.82, 2.24) is 15.4 Å². The molecule has 0 spiro atoms. The first-order chi connectivity index (χ1) is 31.9. The Balaban J connectivity index is 1.57. The van der Waals surface area contributed by atoms with Crippen LogP contribution in [0, 0.1) is 0 Å². The fourth-order valence-corrected chi connectivity index (χ4v) is 7.82. The Hall–Kier alpha value is -4.67. The predicted molar refractivity (Wildman–Crippen MR) is 206 cm³/mol. The van der Waals surface area contributed by atoms with E-state index >= 15 is 0 Å². The number of hydrogen-bond donors (Lipinski definition) is 0. The highest BCUT2D eigenvalue weighted by atomic mass is 32.1. The molecular weight excluding hydrogens is 615 g/mol. The molecule has 0 amide bonds. The minimum atomic E-state index is -4.06. The van der Waals surface area contributed by atoms with Crippen molar-refractivity contribution in [2.24, 2.45) is 0 Å². The van der Waals surface area contributed by atoms with Gasteiger partial charge in [-0.2, -0.15) is 0 Å². The molecule has 5 aromatic carbocycles. The Kier molecular flexibility index (Phi) is 4.33. The zero-order valence-electron chi connectivity index (χ0n) is 45.9. The molecule has 0 radical (unpaired) electrons. The summed E-state index contributed by atoms with van der Waals surface area (Å²) in [6.45, 7) is 0. The topological polar surface area (TPSA) is 38.7 Å². The lowest BCUT2D eigenvalue weighted by molar-refractivity contribution is 0.419. The molecule has 0 aliphatic heterocycles. The molecule has 4 atom stereocenters. The van der Waals surface area contributed by atoms with Crippen LogP contribution in [0.3, 0.4) is 0 Å². The molecular formula is C45H41N3S. The van der Waals surface area contributed by atoms with Gasteiger partial charge in [0.1, 0.15) is 0 Å². The molecule has 0 saturated heterocycles. The van der Waals surface area contributed by atoms with Crippen LogP contribution in [0.5, 0.6) is 0 Å². The first kappa shape index (κ1) is 15.9. The van der Waals surface area contributed by atoms with Crippen molar-refractivity contribution in [1.29, 1.82) is 0 Å². The number of aromatic nitrogens is 3. The number of rotatable bonds is 6. The number of benzene rings is 5. The van der Waals surface area contributed by atoms with E-state index in [1.165, 1.54) is 23.5 Å². The maximum Gasteiger partial charge on any atom is 0.0972 e. The molecule has 49 heavy (non-hydrogen) atoms. The zero-order valence-corrected chi connectivity index (χ0v) is 26.7. The van der Waals surface area contributed by atoms with Crippen molar-refractivity contribution in [2.45, 2.75) is 75.6 Å². The Bertz CT molecular complexity index is 3180. The van der Waals surface area contributed by atoms with Gasteiger partial charge in [-0.3, -0.25) is 0 Å². The molecule has 0 bridgehead atoms. The minimum absolute atomic E-state index is 0.0338. The molecule has 2 fully saturated rings. The summed E-state index contributed by atoms with van der Waals surface area (Å²) in [5.74, 6) is -7.60. The van der Waals surface area contributed by atoms with Crippen LogP contribution in [0.15, 0.2) is 115 Å². The number of thiophene rings is 1. The van der Waals surface area contributed by atoms with Gasteiger partial charge in [-0.1, -0.05) is 129 Å². The van der Waals surface area contributed by atoms with E-state index in [1.807, 2.05) is 78.9 Å². The lowest BCUT2D eigenvalue weighted by atomic mass is 9.72. The van der Waals surface area contributed by atoms with Crippen LogP contribution in [0.25, 0.3) is 64.8 Å². The fourth-order valence-electron chi connectivity index (χ4n) is 6.70. The Morgan fingerprint density at radius 1 is 0.592 bits per heavy atom. The van der Waals surface area contributed by atoms with Crippen LogP contribution >= 0.6 is 11.3 Å². The summed E-state index contributed by atoms with van der Waals surface area (Å²) in [5.41, 5.74) is -0.173. The summed E-state index contributed by atoms with van der Waals surface area (Å²) in [5, 5.41) is 13.1.